The third kappa shape index (κ3) is 11.5. The minimum absolute atomic E-state index is 0.458. The molecule has 0 bridgehead atoms. The minimum atomic E-state index is 0.458. The van der Waals surface area contributed by atoms with E-state index in [4.69, 9.17) is 11.6 Å². The molecular formula is C71H70ClN3. The Labute approximate surface area is 451 Å². The molecule has 0 N–H and O–H groups in total. The number of alkyl halides is 1. The Hall–Kier alpha value is -6.94. The lowest BCUT2D eigenvalue weighted by molar-refractivity contribution is 0.779. The van der Waals surface area contributed by atoms with Gasteiger partial charge in [0.25, 0.3) is 0 Å². The van der Waals surface area contributed by atoms with Crippen LogP contribution in [0.1, 0.15) is 147 Å². The highest BCUT2D eigenvalue weighted by molar-refractivity contribution is 6.16. The van der Waals surface area contributed by atoms with Crippen molar-refractivity contribution >= 4 is 28.8 Å². The van der Waals surface area contributed by atoms with Gasteiger partial charge in [-0.25, -0.2) is 0 Å². The number of aromatic nitrogens is 3. The molecule has 2 unspecified atom stereocenters. The number of aryl methyl sites for hydroxylation is 6. The summed E-state index contributed by atoms with van der Waals surface area (Å²) in [7, 11) is 0. The van der Waals surface area contributed by atoms with Crippen molar-refractivity contribution in [1.82, 2.24) is 15.0 Å². The van der Waals surface area contributed by atoms with Crippen LogP contribution in [0.4, 0.5) is 0 Å². The average molecular weight is 1000 g/mol. The van der Waals surface area contributed by atoms with E-state index in [1.807, 2.05) is 42.7 Å². The molecule has 0 fully saturated rings. The molecule has 0 saturated heterocycles. The van der Waals surface area contributed by atoms with Crippen molar-refractivity contribution in [3.8, 4) is 0 Å². The standard InChI is InChI=1S/2C26H25N.C13H14.C6H6ClN/c2*1-18-23(14-19-8-3-2-4-9-19)25-15-20-10-7-11-21(20)16-26(25)24(18)17-22-12-5-6-13-27-22;1-9-5-12-7-10-3-2-4-11(10)8-13(12)6-9;7-5-6-3-1-2-4-8-6/h2-6,8-9,12-13,15-16,24H,7,10-11,14,17H2,1H3;2-6,8-9,12-13,15-16,23H,7,10-11,14,17H2,1H3;5,7-8H,2-4,6H2,1H3;1-4H,5H2. The van der Waals surface area contributed by atoms with Crippen LogP contribution >= 0.6 is 11.6 Å². The van der Waals surface area contributed by atoms with E-state index in [9.17, 15) is 0 Å². The van der Waals surface area contributed by atoms with Crippen LogP contribution in [0.15, 0.2) is 187 Å². The van der Waals surface area contributed by atoms with E-state index in [0.29, 0.717) is 17.7 Å². The van der Waals surface area contributed by atoms with Crippen LogP contribution in [-0.4, -0.2) is 15.0 Å². The molecule has 0 amide bonds. The topological polar surface area (TPSA) is 38.7 Å². The molecule has 14 rings (SSSR count). The highest BCUT2D eigenvalue weighted by atomic mass is 35.5. The molecule has 0 saturated carbocycles. The summed E-state index contributed by atoms with van der Waals surface area (Å²) in [6, 6.07) is 54.9. The van der Waals surface area contributed by atoms with Gasteiger partial charge in [-0.05, 0) is 223 Å². The molecule has 3 nitrogen and oxygen atoms in total. The van der Waals surface area contributed by atoms with Crippen LogP contribution in [-0.2, 0) is 76.5 Å². The minimum Gasteiger partial charge on any atom is -0.261 e. The molecule has 3 aromatic heterocycles. The predicted molar refractivity (Wildman–Crippen MR) is 313 cm³/mol. The van der Waals surface area contributed by atoms with Gasteiger partial charge < -0.3 is 0 Å². The number of halogens is 1. The summed E-state index contributed by atoms with van der Waals surface area (Å²) >= 11 is 5.46. The Morgan fingerprint density at radius 3 is 1.40 bits per heavy atom. The monoisotopic (exact) mass is 1000 g/mol. The van der Waals surface area contributed by atoms with E-state index >= 15 is 0 Å². The first-order valence-corrected chi connectivity index (χ1v) is 28.3. The zero-order chi connectivity index (χ0) is 51.1. The first kappa shape index (κ1) is 50.2. The van der Waals surface area contributed by atoms with Crippen molar-refractivity contribution in [2.45, 2.75) is 128 Å². The fourth-order valence-electron chi connectivity index (χ4n) is 12.8. The Balaban J connectivity index is 0.000000117. The summed E-state index contributed by atoms with van der Waals surface area (Å²) in [5.74, 6) is 1.45. The van der Waals surface area contributed by atoms with Crippen LogP contribution in [0.2, 0.25) is 0 Å². The van der Waals surface area contributed by atoms with Crippen LogP contribution in [0, 0.1) is 0 Å². The Morgan fingerprint density at radius 2 is 0.880 bits per heavy atom. The second-order valence-corrected chi connectivity index (χ2v) is 22.0. The second-order valence-electron chi connectivity index (χ2n) is 21.7. The summed E-state index contributed by atoms with van der Waals surface area (Å²) in [5.41, 5.74) is 32.3. The fourth-order valence-corrected chi connectivity index (χ4v) is 13.0. The van der Waals surface area contributed by atoms with Crippen molar-refractivity contribution in [2.75, 3.05) is 0 Å². The quantitative estimate of drug-likeness (QED) is 0.135. The summed E-state index contributed by atoms with van der Waals surface area (Å²) in [5, 5.41) is 0. The Morgan fingerprint density at radius 1 is 0.427 bits per heavy atom. The molecule has 75 heavy (non-hydrogen) atoms. The van der Waals surface area contributed by atoms with Gasteiger partial charge in [0.1, 0.15) is 0 Å². The van der Waals surface area contributed by atoms with E-state index < -0.39 is 0 Å². The molecule has 0 spiro atoms. The lowest BCUT2D eigenvalue weighted by Gasteiger charge is -2.16. The number of benzene rings is 5. The van der Waals surface area contributed by atoms with E-state index in [-0.39, 0.29) is 0 Å². The molecule has 4 heteroatoms. The highest BCUT2D eigenvalue weighted by Gasteiger charge is 2.33. The normalized spacial score (nSPS) is 17.0. The number of rotatable bonds is 9. The van der Waals surface area contributed by atoms with Crippen molar-refractivity contribution in [1.29, 1.82) is 0 Å². The number of pyridine rings is 3. The first-order valence-electron chi connectivity index (χ1n) is 27.7. The maximum Gasteiger partial charge on any atom is 0.0647 e. The number of nitrogens with zero attached hydrogens (tertiary/aromatic N) is 3. The molecule has 6 aliphatic rings. The molecule has 2 atom stereocenters. The van der Waals surface area contributed by atoms with Gasteiger partial charge in [0, 0.05) is 54.7 Å². The molecule has 376 valence electrons. The van der Waals surface area contributed by atoms with Crippen molar-refractivity contribution in [2.24, 2.45) is 0 Å². The fraction of sp³-hybridized carbons (Fsp3) is 0.282. The average Bonchev–Trinajstić information content (AvgIpc) is 4.35. The lowest BCUT2D eigenvalue weighted by Crippen LogP contribution is -2.04. The lowest BCUT2D eigenvalue weighted by atomic mass is 9.88. The molecule has 6 aliphatic carbocycles. The van der Waals surface area contributed by atoms with Gasteiger partial charge >= 0.3 is 0 Å². The summed E-state index contributed by atoms with van der Waals surface area (Å²) < 4.78 is 0. The number of fused-ring (bicyclic) bond motifs is 6. The van der Waals surface area contributed by atoms with Gasteiger partial charge in [0.15, 0.2) is 0 Å². The molecule has 5 aromatic carbocycles. The maximum atomic E-state index is 5.46. The van der Waals surface area contributed by atoms with Crippen molar-refractivity contribution in [3.05, 3.63) is 282 Å². The largest absolute Gasteiger partial charge is 0.261 e. The Bertz CT molecular complexity index is 3210. The van der Waals surface area contributed by atoms with Crippen LogP contribution in [0.5, 0.6) is 0 Å². The van der Waals surface area contributed by atoms with E-state index in [2.05, 4.69) is 163 Å². The molecule has 8 aromatic rings. The smallest absolute Gasteiger partial charge is 0.0647 e. The van der Waals surface area contributed by atoms with Gasteiger partial charge in [0.05, 0.1) is 11.6 Å². The molecule has 0 radical (unpaired) electrons. The number of hydrogen-bond acceptors (Lipinski definition) is 3. The number of allylic oxidation sites excluding steroid dienone is 5. The highest BCUT2D eigenvalue weighted by Crippen LogP contribution is 2.48. The van der Waals surface area contributed by atoms with E-state index in [0.717, 1.165) is 31.4 Å². The summed E-state index contributed by atoms with van der Waals surface area (Å²) in [4.78, 5) is 13.2. The zero-order valence-corrected chi connectivity index (χ0v) is 45.0. The summed E-state index contributed by atoms with van der Waals surface area (Å²) in [6.07, 6.45) is 24.7. The van der Waals surface area contributed by atoms with Gasteiger partial charge in [0.2, 0.25) is 0 Å². The van der Waals surface area contributed by atoms with Gasteiger partial charge in [-0.1, -0.05) is 138 Å². The first-order chi connectivity index (χ1) is 36.8. The van der Waals surface area contributed by atoms with Gasteiger partial charge in [-0.15, -0.1) is 11.6 Å². The number of hydrogen-bond donors (Lipinski definition) is 0. The van der Waals surface area contributed by atoms with Crippen molar-refractivity contribution in [3.63, 3.8) is 0 Å². The van der Waals surface area contributed by atoms with E-state index in [1.165, 1.54) is 137 Å². The van der Waals surface area contributed by atoms with Gasteiger partial charge in [-0.2, -0.15) is 0 Å². The zero-order valence-electron chi connectivity index (χ0n) is 44.2. The van der Waals surface area contributed by atoms with Crippen LogP contribution in [0.3, 0.4) is 0 Å². The molecular weight excluding hydrogens is 930 g/mol. The second kappa shape index (κ2) is 23.3. The Kier molecular flexibility index (Phi) is 15.6. The van der Waals surface area contributed by atoms with Crippen LogP contribution in [0.25, 0.3) is 17.2 Å². The SMILES string of the molecule is CC1=C(Cc2ccccc2)c2cc3c(cc2C1Cc1ccccn1)CCC3.CC1=C(Cc2ccccn2)c2cc3c(cc2C1Cc1ccccc1)CCC3.CC1=Cc2cc3c(cc2C1)CCC3.ClCc1ccccn1. The van der Waals surface area contributed by atoms with Crippen LogP contribution < -0.4 is 0 Å². The predicted octanol–water partition coefficient (Wildman–Crippen LogP) is 16.8. The molecule has 3 heterocycles. The third-order valence-corrected chi connectivity index (χ3v) is 17.0. The summed E-state index contributed by atoms with van der Waals surface area (Å²) in [6.45, 7) is 6.92. The third-order valence-electron chi connectivity index (χ3n) is 16.7. The van der Waals surface area contributed by atoms with Crippen molar-refractivity contribution < 1.29 is 0 Å². The maximum absolute atomic E-state index is 5.46. The van der Waals surface area contributed by atoms with E-state index in [1.54, 1.807) is 50.7 Å². The van der Waals surface area contributed by atoms with Gasteiger partial charge in [-0.3, -0.25) is 15.0 Å². The molecule has 0 aliphatic heterocycles.